The van der Waals surface area contributed by atoms with E-state index in [1.807, 2.05) is 18.2 Å². The van der Waals surface area contributed by atoms with Gasteiger partial charge >= 0.3 is 0 Å². The van der Waals surface area contributed by atoms with Crippen LogP contribution in [0.25, 0.3) is 0 Å². The van der Waals surface area contributed by atoms with Crippen LogP contribution in [0.1, 0.15) is 24.5 Å². The zero-order valence-electron chi connectivity index (χ0n) is 13.0. The Kier molecular flexibility index (Phi) is 5.13. The number of carbonyl (C=O) groups is 2. The summed E-state index contributed by atoms with van der Waals surface area (Å²) >= 11 is 0. The maximum atomic E-state index is 12.1. The van der Waals surface area contributed by atoms with E-state index < -0.39 is 11.5 Å². The molecular formula is C18H20N2O3. The molecule has 0 heterocycles. The zero-order chi connectivity index (χ0) is 16.9. The van der Waals surface area contributed by atoms with E-state index in [2.05, 4.69) is 5.32 Å². The van der Waals surface area contributed by atoms with Crippen molar-refractivity contribution in [2.45, 2.75) is 25.4 Å². The van der Waals surface area contributed by atoms with Crippen molar-refractivity contribution in [1.29, 1.82) is 0 Å². The lowest BCUT2D eigenvalue weighted by molar-refractivity contribution is -0.121. The first-order valence-electron chi connectivity index (χ1n) is 7.32. The third-order valence-electron chi connectivity index (χ3n) is 3.52. The normalized spacial score (nSPS) is 13.1. The van der Waals surface area contributed by atoms with E-state index in [1.165, 1.54) is 0 Å². The summed E-state index contributed by atoms with van der Waals surface area (Å²) in [6.07, 6.45) is 0.108. The Morgan fingerprint density at radius 1 is 1.09 bits per heavy atom. The van der Waals surface area contributed by atoms with Gasteiger partial charge in [-0.1, -0.05) is 42.5 Å². The van der Waals surface area contributed by atoms with Crippen molar-refractivity contribution in [1.82, 2.24) is 0 Å². The van der Waals surface area contributed by atoms with Gasteiger partial charge in [-0.2, -0.15) is 0 Å². The van der Waals surface area contributed by atoms with E-state index in [0.717, 1.165) is 5.56 Å². The molecule has 0 aliphatic heterocycles. The Morgan fingerprint density at radius 2 is 1.70 bits per heavy atom. The lowest BCUT2D eigenvalue weighted by atomic mass is 9.92. The molecule has 1 unspecified atom stereocenters. The first-order chi connectivity index (χ1) is 10.9. The maximum Gasteiger partial charge on any atom is 0.227 e. The van der Waals surface area contributed by atoms with Gasteiger partial charge in [0.05, 0.1) is 18.4 Å². The number of hydrogen-bond acceptors (Lipinski definition) is 3. The second-order valence-electron chi connectivity index (χ2n) is 5.70. The molecule has 120 valence electrons. The highest BCUT2D eigenvalue weighted by atomic mass is 16.3. The van der Waals surface area contributed by atoms with Crippen molar-refractivity contribution in [3.8, 4) is 0 Å². The average molecular weight is 312 g/mol. The molecule has 2 amide bonds. The van der Waals surface area contributed by atoms with Gasteiger partial charge in [0, 0.05) is 5.69 Å². The molecule has 0 radical (unpaired) electrons. The second-order valence-corrected chi connectivity index (χ2v) is 5.70. The molecular weight excluding hydrogens is 292 g/mol. The molecule has 1 atom stereocenters. The van der Waals surface area contributed by atoms with Crippen LogP contribution in [-0.2, 0) is 21.6 Å². The molecule has 4 N–H and O–H groups in total. The highest BCUT2D eigenvalue weighted by Gasteiger charge is 2.26. The average Bonchev–Trinajstić information content (AvgIpc) is 2.49. The highest BCUT2D eigenvalue weighted by molar-refractivity contribution is 5.91. The number of anilines is 1. The number of carbonyl (C=O) groups excluding carboxylic acids is 2. The van der Waals surface area contributed by atoms with E-state index in [1.54, 1.807) is 43.3 Å². The van der Waals surface area contributed by atoms with E-state index in [0.29, 0.717) is 11.3 Å². The predicted molar refractivity (Wildman–Crippen MR) is 88.6 cm³/mol. The summed E-state index contributed by atoms with van der Waals surface area (Å²) in [7, 11) is 0. The van der Waals surface area contributed by atoms with Crippen LogP contribution in [0.3, 0.4) is 0 Å². The van der Waals surface area contributed by atoms with Gasteiger partial charge in [-0.05, 0) is 30.2 Å². The van der Waals surface area contributed by atoms with Crippen molar-refractivity contribution in [2.75, 3.05) is 5.32 Å². The number of nitrogens with one attached hydrogen (secondary N) is 1. The number of rotatable bonds is 6. The van der Waals surface area contributed by atoms with E-state index in [9.17, 15) is 14.7 Å². The fraction of sp³-hybridized carbons (Fsp3) is 0.222. The smallest absolute Gasteiger partial charge is 0.227 e. The summed E-state index contributed by atoms with van der Waals surface area (Å²) in [6, 6.07) is 15.9. The van der Waals surface area contributed by atoms with Crippen LogP contribution in [0.4, 0.5) is 5.69 Å². The summed E-state index contributed by atoms with van der Waals surface area (Å²) in [6.45, 7) is 1.61. The number of aliphatic hydroxyl groups is 1. The van der Waals surface area contributed by atoms with Gasteiger partial charge in [-0.3, -0.25) is 9.59 Å². The van der Waals surface area contributed by atoms with E-state index in [4.69, 9.17) is 5.73 Å². The van der Waals surface area contributed by atoms with Crippen LogP contribution in [0.2, 0.25) is 0 Å². The van der Waals surface area contributed by atoms with Crippen molar-refractivity contribution < 1.29 is 14.7 Å². The first kappa shape index (κ1) is 16.7. The van der Waals surface area contributed by atoms with Crippen molar-refractivity contribution >= 4 is 17.5 Å². The molecule has 0 aromatic heterocycles. The zero-order valence-corrected chi connectivity index (χ0v) is 13.0. The summed E-state index contributed by atoms with van der Waals surface area (Å²) < 4.78 is 0. The lowest BCUT2D eigenvalue weighted by Crippen LogP contribution is -2.28. The minimum atomic E-state index is -1.24. The number of amides is 2. The number of hydrogen-bond donors (Lipinski definition) is 3. The van der Waals surface area contributed by atoms with Gasteiger partial charge in [0.25, 0.3) is 0 Å². The Morgan fingerprint density at radius 3 is 2.26 bits per heavy atom. The Labute approximate surface area is 135 Å². The van der Waals surface area contributed by atoms with Crippen molar-refractivity contribution in [3.05, 3.63) is 65.7 Å². The van der Waals surface area contributed by atoms with Crippen LogP contribution in [-0.4, -0.2) is 16.9 Å². The predicted octanol–water partition coefficient (Wildman–Crippen LogP) is 1.95. The molecule has 2 rings (SSSR count). The summed E-state index contributed by atoms with van der Waals surface area (Å²) in [5.74, 6) is -0.692. The molecule has 0 aliphatic carbocycles. The molecule has 0 bridgehead atoms. The highest BCUT2D eigenvalue weighted by Crippen LogP contribution is 2.24. The molecule has 5 heteroatoms. The molecule has 2 aromatic carbocycles. The van der Waals surface area contributed by atoms with Gasteiger partial charge in [0.15, 0.2) is 0 Å². The maximum absolute atomic E-state index is 12.1. The third-order valence-corrected chi connectivity index (χ3v) is 3.52. The molecule has 2 aromatic rings. The molecule has 0 saturated carbocycles. The monoisotopic (exact) mass is 312 g/mol. The fourth-order valence-corrected chi connectivity index (χ4v) is 2.32. The molecule has 0 saturated heterocycles. The van der Waals surface area contributed by atoms with Crippen LogP contribution in [0.15, 0.2) is 54.6 Å². The number of benzene rings is 2. The quantitative estimate of drug-likeness (QED) is 0.761. The van der Waals surface area contributed by atoms with Crippen molar-refractivity contribution in [3.63, 3.8) is 0 Å². The van der Waals surface area contributed by atoms with Crippen LogP contribution < -0.4 is 11.1 Å². The largest absolute Gasteiger partial charge is 0.385 e. The standard InChI is InChI=1S/C18H20N2O3/c1-18(23,14-5-3-2-4-6-14)12-17(22)20-15-9-7-13(8-10-15)11-16(19)21/h2-10,23H,11-12H2,1H3,(H2,19,21)(H,20,22). The minimum Gasteiger partial charge on any atom is -0.385 e. The van der Waals surface area contributed by atoms with Gasteiger partial charge in [-0.25, -0.2) is 0 Å². The van der Waals surface area contributed by atoms with Crippen LogP contribution in [0, 0.1) is 0 Å². The molecule has 0 fully saturated rings. The van der Waals surface area contributed by atoms with E-state index >= 15 is 0 Å². The third kappa shape index (κ3) is 4.93. The Bertz CT molecular complexity index is 679. The lowest BCUT2D eigenvalue weighted by Gasteiger charge is -2.23. The SMILES string of the molecule is CC(O)(CC(=O)Nc1ccc(CC(N)=O)cc1)c1ccccc1. The topological polar surface area (TPSA) is 92.4 Å². The second kappa shape index (κ2) is 7.07. The Hall–Kier alpha value is -2.66. The fourth-order valence-electron chi connectivity index (χ4n) is 2.32. The van der Waals surface area contributed by atoms with Gasteiger partial charge in [-0.15, -0.1) is 0 Å². The minimum absolute atomic E-state index is 0.0555. The molecule has 0 spiro atoms. The van der Waals surface area contributed by atoms with Gasteiger partial charge < -0.3 is 16.2 Å². The Balaban J connectivity index is 1.98. The molecule has 23 heavy (non-hydrogen) atoms. The van der Waals surface area contributed by atoms with E-state index in [-0.39, 0.29) is 18.7 Å². The van der Waals surface area contributed by atoms with Crippen LogP contribution in [0.5, 0.6) is 0 Å². The number of nitrogens with two attached hydrogens (primary N) is 1. The summed E-state index contributed by atoms with van der Waals surface area (Å²) in [4.78, 5) is 23.0. The number of primary amides is 1. The van der Waals surface area contributed by atoms with Gasteiger partial charge in [0.1, 0.15) is 0 Å². The molecule has 5 nitrogen and oxygen atoms in total. The van der Waals surface area contributed by atoms with Crippen LogP contribution >= 0.6 is 0 Å². The summed E-state index contributed by atoms with van der Waals surface area (Å²) in [5.41, 5.74) is 5.97. The molecule has 0 aliphatic rings. The van der Waals surface area contributed by atoms with Crippen molar-refractivity contribution in [2.24, 2.45) is 5.73 Å². The first-order valence-corrected chi connectivity index (χ1v) is 7.32. The van der Waals surface area contributed by atoms with Gasteiger partial charge in [0.2, 0.25) is 11.8 Å². The summed E-state index contributed by atoms with van der Waals surface area (Å²) in [5, 5.41) is 13.2.